The lowest BCUT2D eigenvalue weighted by Crippen LogP contribution is -2.08. The Morgan fingerprint density at radius 3 is 2.08 bits per heavy atom. The molecule has 3 nitrogen and oxygen atoms in total. The van der Waals surface area contributed by atoms with Gasteiger partial charge in [-0.3, -0.25) is 0 Å². The maximum atomic E-state index is 13.2. The third-order valence-corrected chi connectivity index (χ3v) is 3.92. The molecule has 0 saturated heterocycles. The summed E-state index contributed by atoms with van der Waals surface area (Å²) in [6.45, 7) is 1.72. The zero-order valence-corrected chi connectivity index (χ0v) is 13.8. The van der Waals surface area contributed by atoms with E-state index in [0.717, 1.165) is 16.8 Å². The van der Waals surface area contributed by atoms with Crippen molar-refractivity contribution in [1.29, 1.82) is 0 Å². The molecular formula is C20H18FNO2. The van der Waals surface area contributed by atoms with Crippen molar-refractivity contribution in [2.75, 3.05) is 19.0 Å². The summed E-state index contributed by atoms with van der Waals surface area (Å²) in [7, 11) is 3.95. The molecule has 2 aromatic carbocycles. The summed E-state index contributed by atoms with van der Waals surface area (Å²) in [5.41, 5.74) is 3.64. The SMILES string of the molecule is Cc1cc(-c2ccc(N(C)C)cc2)c(-c2ccc(F)cc2)oc1=O. The first-order valence-electron chi connectivity index (χ1n) is 7.64. The molecule has 0 bridgehead atoms. The molecule has 0 N–H and O–H groups in total. The van der Waals surface area contributed by atoms with Crippen LogP contribution in [0.4, 0.5) is 10.1 Å². The van der Waals surface area contributed by atoms with Crippen LogP contribution >= 0.6 is 0 Å². The van der Waals surface area contributed by atoms with E-state index in [9.17, 15) is 9.18 Å². The van der Waals surface area contributed by atoms with Crippen LogP contribution in [0.15, 0.2) is 63.8 Å². The van der Waals surface area contributed by atoms with E-state index in [0.29, 0.717) is 16.9 Å². The number of anilines is 1. The monoisotopic (exact) mass is 323 g/mol. The van der Waals surface area contributed by atoms with Gasteiger partial charge >= 0.3 is 5.63 Å². The van der Waals surface area contributed by atoms with E-state index in [-0.39, 0.29) is 11.4 Å². The van der Waals surface area contributed by atoms with Crippen molar-refractivity contribution in [3.63, 3.8) is 0 Å². The van der Waals surface area contributed by atoms with Gasteiger partial charge in [-0.25, -0.2) is 9.18 Å². The summed E-state index contributed by atoms with van der Waals surface area (Å²) in [6.07, 6.45) is 0. The Kier molecular flexibility index (Phi) is 4.21. The van der Waals surface area contributed by atoms with Crippen LogP contribution in [0, 0.1) is 12.7 Å². The second kappa shape index (κ2) is 6.32. The zero-order chi connectivity index (χ0) is 17.3. The van der Waals surface area contributed by atoms with Crippen LogP contribution in [-0.4, -0.2) is 14.1 Å². The van der Waals surface area contributed by atoms with Gasteiger partial charge < -0.3 is 9.32 Å². The average Bonchev–Trinajstić information content (AvgIpc) is 2.58. The highest BCUT2D eigenvalue weighted by Crippen LogP contribution is 2.32. The van der Waals surface area contributed by atoms with Gasteiger partial charge in [0.05, 0.1) is 0 Å². The lowest BCUT2D eigenvalue weighted by atomic mass is 9.99. The predicted octanol–water partition coefficient (Wildman–Crippen LogP) is 4.49. The van der Waals surface area contributed by atoms with Gasteiger partial charge in [-0.15, -0.1) is 0 Å². The van der Waals surface area contributed by atoms with Gasteiger partial charge in [0.25, 0.3) is 0 Å². The Morgan fingerprint density at radius 1 is 0.917 bits per heavy atom. The Morgan fingerprint density at radius 2 is 1.50 bits per heavy atom. The van der Waals surface area contributed by atoms with E-state index in [4.69, 9.17) is 4.42 Å². The summed E-state index contributed by atoms with van der Waals surface area (Å²) in [6, 6.07) is 15.7. The van der Waals surface area contributed by atoms with E-state index in [2.05, 4.69) is 0 Å². The summed E-state index contributed by atoms with van der Waals surface area (Å²) < 4.78 is 18.7. The molecule has 0 fully saturated rings. The van der Waals surface area contributed by atoms with Crippen LogP contribution in [-0.2, 0) is 0 Å². The summed E-state index contributed by atoms with van der Waals surface area (Å²) in [5, 5.41) is 0. The molecule has 0 atom stereocenters. The minimum absolute atomic E-state index is 0.329. The summed E-state index contributed by atoms with van der Waals surface area (Å²) >= 11 is 0. The fourth-order valence-corrected chi connectivity index (χ4v) is 2.54. The van der Waals surface area contributed by atoms with Gasteiger partial charge in [-0.2, -0.15) is 0 Å². The molecule has 0 unspecified atom stereocenters. The van der Waals surface area contributed by atoms with Gasteiger partial charge in [-0.1, -0.05) is 12.1 Å². The third kappa shape index (κ3) is 3.08. The van der Waals surface area contributed by atoms with E-state index < -0.39 is 0 Å². The summed E-state index contributed by atoms with van der Waals surface area (Å²) in [4.78, 5) is 14.0. The quantitative estimate of drug-likeness (QED) is 0.712. The molecule has 0 spiro atoms. The molecule has 0 aliphatic carbocycles. The summed E-state index contributed by atoms with van der Waals surface area (Å²) in [5.74, 6) is 0.119. The third-order valence-electron chi connectivity index (χ3n) is 3.92. The van der Waals surface area contributed by atoms with Crippen LogP contribution < -0.4 is 10.5 Å². The first-order valence-corrected chi connectivity index (χ1v) is 7.64. The highest BCUT2D eigenvalue weighted by Gasteiger charge is 2.13. The molecule has 122 valence electrons. The van der Waals surface area contributed by atoms with Gasteiger partial charge in [0, 0.05) is 36.5 Å². The van der Waals surface area contributed by atoms with Crippen LogP contribution in [0.3, 0.4) is 0 Å². The number of nitrogens with zero attached hydrogens (tertiary/aromatic N) is 1. The fourth-order valence-electron chi connectivity index (χ4n) is 2.54. The maximum Gasteiger partial charge on any atom is 0.339 e. The smallest absolute Gasteiger partial charge is 0.339 e. The Hall–Kier alpha value is -2.88. The molecule has 0 aliphatic rings. The van der Waals surface area contributed by atoms with Crippen molar-refractivity contribution in [3.05, 3.63) is 76.4 Å². The van der Waals surface area contributed by atoms with Crippen molar-refractivity contribution in [3.8, 4) is 22.5 Å². The van der Waals surface area contributed by atoms with Crippen molar-refractivity contribution in [2.45, 2.75) is 6.92 Å². The highest BCUT2D eigenvalue weighted by molar-refractivity contribution is 5.80. The first kappa shape index (κ1) is 16.0. The standard InChI is InChI=1S/C20H18FNO2/c1-13-12-18(14-6-10-17(11-7-14)22(2)3)19(24-20(13)23)15-4-8-16(21)9-5-15/h4-12H,1-3H3. The van der Waals surface area contributed by atoms with E-state index in [1.54, 1.807) is 19.1 Å². The number of rotatable bonds is 3. The van der Waals surface area contributed by atoms with E-state index >= 15 is 0 Å². The number of hydrogen-bond donors (Lipinski definition) is 0. The molecule has 3 rings (SSSR count). The number of aryl methyl sites for hydroxylation is 1. The molecular weight excluding hydrogens is 305 g/mol. The maximum absolute atomic E-state index is 13.2. The molecule has 0 radical (unpaired) electrons. The molecule has 0 aliphatic heterocycles. The molecule has 1 aromatic heterocycles. The fraction of sp³-hybridized carbons (Fsp3) is 0.150. The second-order valence-corrected chi connectivity index (χ2v) is 5.91. The number of hydrogen-bond acceptors (Lipinski definition) is 3. The van der Waals surface area contributed by atoms with Crippen molar-refractivity contribution in [1.82, 2.24) is 0 Å². The van der Waals surface area contributed by atoms with Gasteiger partial charge in [-0.05, 0) is 55.0 Å². The van der Waals surface area contributed by atoms with Crippen molar-refractivity contribution in [2.24, 2.45) is 0 Å². The highest BCUT2D eigenvalue weighted by atomic mass is 19.1. The van der Waals surface area contributed by atoms with E-state index in [1.807, 2.05) is 49.3 Å². The molecule has 0 amide bonds. The van der Waals surface area contributed by atoms with E-state index in [1.165, 1.54) is 12.1 Å². The molecule has 3 aromatic rings. The first-order chi connectivity index (χ1) is 11.5. The van der Waals surface area contributed by atoms with Crippen molar-refractivity contribution < 1.29 is 8.81 Å². The topological polar surface area (TPSA) is 33.5 Å². The average molecular weight is 323 g/mol. The van der Waals surface area contributed by atoms with Gasteiger partial charge in [0.1, 0.15) is 11.6 Å². The van der Waals surface area contributed by atoms with Crippen LogP contribution in [0.1, 0.15) is 5.56 Å². The molecule has 24 heavy (non-hydrogen) atoms. The normalized spacial score (nSPS) is 10.7. The second-order valence-electron chi connectivity index (χ2n) is 5.91. The molecule has 4 heteroatoms. The largest absolute Gasteiger partial charge is 0.422 e. The van der Waals surface area contributed by atoms with Gasteiger partial charge in [0.2, 0.25) is 0 Å². The minimum atomic E-state index is -0.386. The number of halogens is 1. The van der Waals surface area contributed by atoms with Crippen LogP contribution in [0.25, 0.3) is 22.5 Å². The van der Waals surface area contributed by atoms with Gasteiger partial charge in [0.15, 0.2) is 0 Å². The lowest BCUT2D eigenvalue weighted by Gasteiger charge is -2.14. The minimum Gasteiger partial charge on any atom is -0.422 e. The Balaban J connectivity index is 2.17. The zero-order valence-electron chi connectivity index (χ0n) is 13.8. The Bertz CT molecular complexity index is 910. The van der Waals surface area contributed by atoms with Crippen molar-refractivity contribution >= 4 is 5.69 Å². The molecule has 0 saturated carbocycles. The van der Waals surface area contributed by atoms with Crippen LogP contribution in [0.2, 0.25) is 0 Å². The Labute approximate surface area is 140 Å². The number of benzene rings is 2. The predicted molar refractivity (Wildman–Crippen MR) is 94.9 cm³/mol. The molecule has 1 heterocycles. The lowest BCUT2D eigenvalue weighted by molar-refractivity contribution is 0.522. The van der Waals surface area contributed by atoms with Crippen LogP contribution in [0.5, 0.6) is 0 Å².